The van der Waals surface area contributed by atoms with E-state index in [1.165, 1.54) is 19.2 Å². The smallest absolute Gasteiger partial charge is 0.344 e. The van der Waals surface area contributed by atoms with Gasteiger partial charge in [0, 0.05) is 6.54 Å². The molecule has 1 heterocycles. The number of amides is 4. The lowest BCUT2D eigenvalue weighted by molar-refractivity contribution is -0.139. The zero-order chi connectivity index (χ0) is 23.3. The van der Waals surface area contributed by atoms with E-state index in [9.17, 15) is 18.8 Å². The van der Waals surface area contributed by atoms with Crippen LogP contribution in [0.3, 0.4) is 0 Å². The third kappa shape index (κ3) is 4.87. The number of carbonyl (C=O) groups is 3. The molecule has 4 amide bonds. The van der Waals surface area contributed by atoms with E-state index < -0.39 is 23.4 Å². The Morgan fingerprint density at radius 3 is 2.47 bits per heavy atom. The lowest BCUT2D eigenvalue weighted by atomic mass is 9.92. The maximum absolute atomic E-state index is 13.1. The van der Waals surface area contributed by atoms with E-state index in [2.05, 4.69) is 16.7 Å². The van der Waals surface area contributed by atoms with Gasteiger partial charge in [-0.15, -0.1) is 6.42 Å². The Kier molecular flexibility index (Phi) is 6.76. The minimum atomic E-state index is -1.34. The Hall–Kier alpha value is -3.90. The molecule has 1 fully saturated rings. The first-order chi connectivity index (χ1) is 15.3. The summed E-state index contributed by atoms with van der Waals surface area (Å²) in [5, 5.41) is 3.28. The summed E-state index contributed by atoms with van der Waals surface area (Å²) in [6.45, 7) is 1.83. The highest BCUT2D eigenvalue weighted by Gasteiger charge is 2.50. The molecule has 2 aromatic carbocycles. The van der Waals surface area contributed by atoms with Crippen LogP contribution in [0.15, 0.2) is 48.5 Å². The molecule has 1 saturated heterocycles. The predicted molar refractivity (Wildman–Crippen MR) is 114 cm³/mol. The molecular weight excluding hydrogens is 415 g/mol. The maximum Gasteiger partial charge on any atom is 0.344 e. The lowest BCUT2D eigenvalue weighted by Gasteiger charge is -2.23. The molecule has 0 spiro atoms. The van der Waals surface area contributed by atoms with Crippen molar-refractivity contribution in [3.8, 4) is 18.1 Å². The number of rotatable bonds is 8. The molecule has 9 heteroatoms. The summed E-state index contributed by atoms with van der Waals surface area (Å²) in [7, 11) is 1.52. The number of nitrogens with zero attached hydrogens (tertiary/aromatic N) is 2. The van der Waals surface area contributed by atoms with Crippen LogP contribution in [-0.2, 0) is 21.7 Å². The van der Waals surface area contributed by atoms with E-state index in [1.807, 2.05) is 0 Å². The number of hydrogen-bond acceptors (Lipinski definition) is 5. The van der Waals surface area contributed by atoms with Crippen LogP contribution in [0.5, 0.6) is 5.75 Å². The average molecular weight is 438 g/mol. The lowest BCUT2D eigenvalue weighted by Crippen LogP contribution is -2.50. The van der Waals surface area contributed by atoms with Gasteiger partial charge in [-0.3, -0.25) is 19.9 Å². The van der Waals surface area contributed by atoms with Crippen molar-refractivity contribution in [2.75, 3.05) is 20.2 Å². The van der Waals surface area contributed by atoms with Crippen molar-refractivity contribution in [2.24, 2.45) is 0 Å². The van der Waals surface area contributed by atoms with Gasteiger partial charge in [-0.05, 0) is 42.3 Å². The Morgan fingerprint density at radius 1 is 1.22 bits per heavy atom. The fraction of sp³-hybridized carbons (Fsp3) is 0.261. The second-order valence-corrected chi connectivity index (χ2v) is 7.43. The number of carbonyl (C=O) groups excluding carboxylic acids is 3. The molecule has 1 aliphatic rings. The van der Waals surface area contributed by atoms with E-state index in [0.29, 0.717) is 22.9 Å². The fourth-order valence-electron chi connectivity index (χ4n) is 3.37. The molecule has 1 unspecified atom stereocenters. The third-order valence-corrected chi connectivity index (χ3v) is 5.10. The highest BCUT2D eigenvalue weighted by atomic mass is 19.1. The molecular formula is C23H23FN4O4. The van der Waals surface area contributed by atoms with Gasteiger partial charge in [-0.25, -0.2) is 9.18 Å². The largest absolute Gasteiger partial charge is 0.497 e. The molecule has 0 aromatic heterocycles. The van der Waals surface area contributed by atoms with Crippen LogP contribution in [0.1, 0.15) is 18.1 Å². The first-order valence-electron chi connectivity index (χ1n) is 9.78. The van der Waals surface area contributed by atoms with Gasteiger partial charge in [0.25, 0.3) is 11.8 Å². The maximum atomic E-state index is 13.1. The van der Waals surface area contributed by atoms with Gasteiger partial charge in [0.05, 0.1) is 20.2 Å². The summed E-state index contributed by atoms with van der Waals surface area (Å²) in [4.78, 5) is 39.6. The number of imide groups is 1. The molecule has 166 valence electrons. The average Bonchev–Trinajstić information content (AvgIpc) is 2.99. The van der Waals surface area contributed by atoms with E-state index in [1.54, 1.807) is 48.2 Å². The van der Waals surface area contributed by atoms with E-state index in [-0.39, 0.29) is 18.9 Å². The molecule has 0 saturated carbocycles. The van der Waals surface area contributed by atoms with Gasteiger partial charge < -0.3 is 10.1 Å². The molecule has 32 heavy (non-hydrogen) atoms. The summed E-state index contributed by atoms with van der Waals surface area (Å²) in [6, 6.07) is 11.8. The van der Waals surface area contributed by atoms with Crippen molar-refractivity contribution in [1.82, 2.24) is 20.7 Å². The topological polar surface area (TPSA) is 91.0 Å². The van der Waals surface area contributed by atoms with Crippen LogP contribution >= 0.6 is 0 Å². The molecule has 1 aliphatic heterocycles. The molecule has 2 N–H and O–H groups in total. The quantitative estimate of drug-likeness (QED) is 0.484. The van der Waals surface area contributed by atoms with Crippen molar-refractivity contribution in [2.45, 2.75) is 19.0 Å². The summed E-state index contributed by atoms with van der Waals surface area (Å²) < 4.78 is 18.2. The van der Waals surface area contributed by atoms with Crippen LogP contribution in [0.25, 0.3) is 0 Å². The summed E-state index contributed by atoms with van der Waals surface area (Å²) in [6.07, 6.45) is 5.39. The Labute approximate surface area is 185 Å². The number of nitrogens with one attached hydrogen (secondary N) is 2. The van der Waals surface area contributed by atoms with Crippen molar-refractivity contribution >= 4 is 17.8 Å². The second-order valence-electron chi connectivity index (χ2n) is 7.43. The number of hydrazine groups is 1. The van der Waals surface area contributed by atoms with Gasteiger partial charge in [0.1, 0.15) is 17.1 Å². The first kappa shape index (κ1) is 22.8. The van der Waals surface area contributed by atoms with Gasteiger partial charge in [0.2, 0.25) is 0 Å². The van der Waals surface area contributed by atoms with Crippen molar-refractivity contribution in [1.29, 1.82) is 0 Å². The molecule has 0 radical (unpaired) electrons. The monoisotopic (exact) mass is 438 g/mol. The number of hydrogen-bond donors (Lipinski definition) is 2. The van der Waals surface area contributed by atoms with Gasteiger partial charge >= 0.3 is 6.03 Å². The zero-order valence-corrected chi connectivity index (χ0v) is 17.7. The number of urea groups is 1. The predicted octanol–water partition coefficient (Wildman–Crippen LogP) is 1.77. The van der Waals surface area contributed by atoms with Gasteiger partial charge in [-0.2, -0.15) is 5.01 Å². The van der Waals surface area contributed by atoms with Crippen LogP contribution in [0.4, 0.5) is 9.18 Å². The number of ether oxygens (including phenoxy) is 1. The van der Waals surface area contributed by atoms with E-state index in [0.717, 1.165) is 5.56 Å². The summed E-state index contributed by atoms with van der Waals surface area (Å²) in [5.41, 5.74) is 2.30. The number of methoxy groups -OCH3 is 1. The highest BCUT2D eigenvalue weighted by Crippen LogP contribution is 2.29. The Balaban J connectivity index is 1.67. The van der Waals surface area contributed by atoms with Crippen molar-refractivity contribution in [3.63, 3.8) is 0 Å². The molecule has 2 aromatic rings. The van der Waals surface area contributed by atoms with Crippen LogP contribution in [-0.4, -0.2) is 48.0 Å². The summed E-state index contributed by atoms with van der Waals surface area (Å²) >= 11 is 0. The fourth-order valence-corrected chi connectivity index (χ4v) is 3.37. The SMILES string of the molecule is C#CCN(CC(=O)NN1C(=O)NC(C)(c2ccc(OC)cc2)C1=O)Cc1ccc(F)cc1. The minimum Gasteiger partial charge on any atom is -0.497 e. The Bertz CT molecular complexity index is 1050. The third-order valence-electron chi connectivity index (χ3n) is 5.10. The van der Waals surface area contributed by atoms with Crippen LogP contribution < -0.4 is 15.5 Å². The zero-order valence-electron chi connectivity index (χ0n) is 17.7. The molecule has 0 bridgehead atoms. The van der Waals surface area contributed by atoms with Crippen LogP contribution in [0.2, 0.25) is 0 Å². The number of benzene rings is 2. The molecule has 0 aliphatic carbocycles. The van der Waals surface area contributed by atoms with Crippen molar-refractivity contribution < 1.29 is 23.5 Å². The van der Waals surface area contributed by atoms with E-state index in [4.69, 9.17) is 11.2 Å². The number of terminal acetylenes is 1. The second kappa shape index (κ2) is 9.49. The normalized spacial score (nSPS) is 17.8. The van der Waals surface area contributed by atoms with Crippen molar-refractivity contribution in [3.05, 3.63) is 65.5 Å². The number of halogens is 1. The van der Waals surface area contributed by atoms with Crippen LogP contribution in [0, 0.1) is 18.2 Å². The molecule has 1 atom stereocenters. The highest BCUT2D eigenvalue weighted by molar-refractivity contribution is 6.08. The molecule has 3 rings (SSSR count). The first-order valence-corrected chi connectivity index (χ1v) is 9.78. The summed E-state index contributed by atoms with van der Waals surface area (Å²) in [5.74, 6) is 1.49. The van der Waals surface area contributed by atoms with Gasteiger partial charge in [-0.1, -0.05) is 30.2 Å². The standard InChI is InChI=1S/C23H23FN4O4/c1-4-13-27(14-16-5-9-18(24)10-6-16)15-20(29)26-28-21(30)23(2,25-22(28)31)17-7-11-19(32-3)12-8-17/h1,5-12H,13-15H2,2-3H3,(H,25,31)(H,26,29). The Morgan fingerprint density at radius 2 is 1.88 bits per heavy atom. The molecule has 8 nitrogen and oxygen atoms in total. The van der Waals surface area contributed by atoms with Gasteiger partial charge in [0.15, 0.2) is 0 Å². The van der Waals surface area contributed by atoms with E-state index >= 15 is 0 Å². The minimum absolute atomic E-state index is 0.147.